The van der Waals surface area contributed by atoms with Crippen molar-refractivity contribution in [3.8, 4) is 5.75 Å². The summed E-state index contributed by atoms with van der Waals surface area (Å²) >= 11 is 0. The number of hydrogen-bond donors (Lipinski definition) is 1. The summed E-state index contributed by atoms with van der Waals surface area (Å²) in [7, 11) is 0. The first-order valence-electron chi connectivity index (χ1n) is 6.11. The average molecular weight is 256 g/mol. The van der Waals surface area contributed by atoms with Crippen LogP contribution in [0.4, 0.5) is 0 Å². The van der Waals surface area contributed by atoms with Crippen molar-refractivity contribution in [3.05, 3.63) is 65.2 Å². The number of rotatable bonds is 5. The topological polar surface area (TPSA) is 46.5 Å². The first-order valence-corrected chi connectivity index (χ1v) is 6.11. The lowest BCUT2D eigenvalue weighted by Gasteiger charge is -2.07. The molecule has 0 aliphatic rings. The Labute approximate surface area is 112 Å². The van der Waals surface area contributed by atoms with Gasteiger partial charge in [-0.05, 0) is 30.7 Å². The molecule has 98 valence electrons. The molecule has 2 rings (SSSR count). The molecule has 0 atom stereocenters. The Bertz CT molecular complexity index is 576. The SMILES string of the molecule is Cc1cccc(C(=O)COc2cccc(CO)c2)c1. The van der Waals surface area contributed by atoms with Gasteiger partial charge in [0.2, 0.25) is 0 Å². The Morgan fingerprint density at radius 1 is 1.16 bits per heavy atom. The number of carbonyl (C=O) groups is 1. The average Bonchev–Trinajstić information content (AvgIpc) is 2.45. The maximum atomic E-state index is 12.0. The molecule has 2 aromatic carbocycles. The molecule has 3 nitrogen and oxygen atoms in total. The van der Waals surface area contributed by atoms with E-state index in [1.54, 1.807) is 30.3 Å². The molecule has 0 radical (unpaired) electrons. The maximum Gasteiger partial charge on any atom is 0.200 e. The summed E-state index contributed by atoms with van der Waals surface area (Å²) < 4.78 is 5.44. The molecule has 0 aliphatic carbocycles. The number of Topliss-reactive ketones (excluding diaryl/α,β-unsaturated/α-hetero) is 1. The van der Waals surface area contributed by atoms with Crippen LogP contribution in [-0.4, -0.2) is 17.5 Å². The maximum absolute atomic E-state index is 12.0. The third-order valence-electron chi connectivity index (χ3n) is 2.79. The second-order valence-electron chi connectivity index (χ2n) is 4.39. The first-order chi connectivity index (χ1) is 9.19. The van der Waals surface area contributed by atoms with E-state index in [4.69, 9.17) is 9.84 Å². The lowest BCUT2D eigenvalue weighted by Crippen LogP contribution is -2.11. The van der Waals surface area contributed by atoms with Crippen molar-refractivity contribution in [2.75, 3.05) is 6.61 Å². The van der Waals surface area contributed by atoms with Crippen LogP contribution in [0.5, 0.6) is 5.75 Å². The van der Waals surface area contributed by atoms with Gasteiger partial charge in [0.25, 0.3) is 0 Å². The Morgan fingerprint density at radius 2 is 1.95 bits per heavy atom. The van der Waals surface area contributed by atoms with E-state index in [1.807, 2.05) is 25.1 Å². The summed E-state index contributed by atoms with van der Waals surface area (Å²) in [6, 6.07) is 14.5. The fourth-order valence-corrected chi connectivity index (χ4v) is 1.78. The van der Waals surface area contributed by atoms with E-state index in [0.29, 0.717) is 11.3 Å². The van der Waals surface area contributed by atoms with Gasteiger partial charge >= 0.3 is 0 Å². The predicted molar refractivity (Wildman–Crippen MR) is 73.4 cm³/mol. The molecule has 0 saturated heterocycles. The van der Waals surface area contributed by atoms with Crippen molar-refractivity contribution in [3.63, 3.8) is 0 Å². The molecule has 19 heavy (non-hydrogen) atoms. The first kappa shape index (κ1) is 13.3. The van der Waals surface area contributed by atoms with Crippen LogP contribution < -0.4 is 4.74 Å². The van der Waals surface area contributed by atoms with E-state index < -0.39 is 0 Å². The number of ketones is 1. The van der Waals surface area contributed by atoms with E-state index in [-0.39, 0.29) is 19.0 Å². The summed E-state index contributed by atoms with van der Waals surface area (Å²) in [5.41, 5.74) is 2.46. The van der Waals surface area contributed by atoms with Crippen molar-refractivity contribution in [2.45, 2.75) is 13.5 Å². The van der Waals surface area contributed by atoms with Gasteiger partial charge in [-0.2, -0.15) is 0 Å². The van der Waals surface area contributed by atoms with Crippen LogP contribution in [0.3, 0.4) is 0 Å². The van der Waals surface area contributed by atoms with E-state index in [2.05, 4.69) is 0 Å². The van der Waals surface area contributed by atoms with Crippen molar-refractivity contribution in [1.29, 1.82) is 0 Å². The fourth-order valence-electron chi connectivity index (χ4n) is 1.78. The molecular weight excluding hydrogens is 240 g/mol. The van der Waals surface area contributed by atoms with Crippen LogP contribution in [0.2, 0.25) is 0 Å². The Balaban J connectivity index is 2.00. The van der Waals surface area contributed by atoms with Crippen molar-refractivity contribution < 1.29 is 14.6 Å². The molecule has 0 unspecified atom stereocenters. The van der Waals surface area contributed by atoms with E-state index in [0.717, 1.165) is 11.1 Å². The van der Waals surface area contributed by atoms with Crippen LogP contribution in [-0.2, 0) is 6.61 Å². The molecule has 3 heteroatoms. The Hall–Kier alpha value is -2.13. The summed E-state index contributed by atoms with van der Waals surface area (Å²) in [5, 5.41) is 9.03. The number of carbonyl (C=O) groups excluding carboxylic acids is 1. The minimum absolute atomic E-state index is 0.00165. The molecule has 0 fully saturated rings. The van der Waals surface area contributed by atoms with Crippen LogP contribution in [0.15, 0.2) is 48.5 Å². The van der Waals surface area contributed by atoms with Gasteiger partial charge < -0.3 is 9.84 Å². The van der Waals surface area contributed by atoms with Gasteiger partial charge in [0, 0.05) is 5.56 Å². The second-order valence-corrected chi connectivity index (χ2v) is 4.39. The third-order valence-corrected chi connectivity index (χ3v) is 2.79. The van der Waals surface area contributed by atoms with Gasteiger partial charge in [0.1, 0.15) is 5.75 Å². The highest BCUT2D eigenvalue weighted by Gasteiger charge is 2.07. The molecule has 0 bridgehead atoms. The van der Waals surface area contributed by atoms with Gasteiger partial charge in [-0.25, -0.2) is 0 Å². The van der Waals surface area contributed by atoms with Gasteiger partial charge in [-0.3, -0.25) is 4.79 Å². The molecular formula is C16H16O3. The monoisotopic (exact) mass is 256 g/mol. The predicted octanol–water partition coefficient (Wildman–Crippen LogP) is 2.75. The summed E-state index contributed by atoms with van der Waals surface area (Å²) in [5.74, 6) is 0.533. The van der Waals surface area contributed by atoms with E-state index >= 15 is 0 Å². The van der Waals surface area contributed by atoms with E-state index in [1.165, 1.54) is 0 Å². The summed E-state index contributed by atoms with van der Waals surface area (Å²) in [4.78, 5) is 12.0. The normalized spacial score (nSPS) is 10.2. The molecule has 2 aromatic rings. The van der Waals surface area contributed by atoms with Crippen LogP contribution in [0, 0.1) is 6.92 Å². The van der Waals surface area contributed by atoms with Crippen LogP contribution >= 0.6 is 0 Å². The molecule has 0 aliphatic heterocycles. The highest BCUT2D eigenvalue weighted by Crippen LogP contribution is 2.14. The number of aryl methyl sites for hydroxylation is 1. The summed E-state index contributed by atoms with van der Waals surface area (Å²) in [6.45, 7) is 1.91. The number of benzene rings is 2. The standard InChI is InChI=1S/C16H16O3/c1-12-4-2-6-14(8-12)16(18)11-19-15-7-3-5-13(9-15)10-17/h2-9,17H,10-11H2,1H3. The third kappa shape index (κ3) is 3.66. The van der Waals surface area contributed by atoms with Gasteiger partial charge in [0.05, 0.1) is 6.61 Å². The molecule has 0 spiro atoms. The quantitative estimate of drug-likeness (QED) is 0.837. The van der Waals surface area contributed by atoms with Gasteiger partial charge in [-0.15, -0.1) is 0 Å². The highest BCUT2D eigenvalue weighted by molar-refractivity contribution is 5.97. The molecule has 1 N–H and O–H groups in total. The molecule has 0 heterocycles. The zero-order chi connectivity index (χ0) is 13.7. The van der Waals surface area contributed by atoms with E-state index in [9.17, 15) is 4.79 Å². The largest absolute Gasteiger partial charge is 0.485 e. The molecule has 0 aromatic heterocycles. The Morgan fingerprint density at radius 3 is 2.68 bits per heavy atom. The number of ether oxygens (including phenoxy) is 1. The van der Waals surface area contributed by atoms with Gasteiger partial charge in [-0.1, -0.05) is 35.9 Å². The summed E-state index contributed by atoms with van der Waals surface area (Å²) in [6.07, 6.45) is 0. The minimum atomic E-state index is -0.0573. The van der Waals surface area contributed by atoms with Crippen molar-refractivity contribution in [2.24, 2.45) is 0 Å². The van der Waals surface area contributed by atoms with Crippen LogP contribution in [0.1, 0.15) is 21.5 Å². The number of aliphatic hydroxyl groups excluding tert-OH is 1. The Kier molecular flexibility index (Phi) is 4.31. The molecule has 0 saturated carbocycles. The van der Waals surface area contributed by atoms with Gasteiger partial charge in [0.15, 0.2) is 12.4 Å². The zero-order valence-electron chi connectivity index (χ0n) is 10.8. The lowest BCUT2D eigenvalue weighted by atomic mass is 10.1. The smallest absolute Gasteiger partial charge is 0.200 e. The minimum Gasteiger partial charge on any atom is -0.485 e. The van der Waals surface area contributed by atoms with Crippen molar-refractivity contribution >= 4 is 5.78 Å². The fraction of sp³-hybridized carbons (Fsp3) is 0.188. The number of hydrogen-bond acceptors (Lipinski definition) is 3. The lowest BCUT2D eigenvalue weighted by molar-refractivity contribution is 0.0921. The second kappa shape index (κ2) is 6.16. The highest BCUT2D eigenvalue weighted by atomic mass is 16.5. The molecule has 0 amide bonds. The van der Waals surface area contributed by atoms with Crippen molar-refractivity contribution in [1.82, 2.24) is 0 Å². The number of aliphatic hydroxyl groups is 1. The zero-order valence-corrected chi connectivity index (χ0v) is 10.8. The van der Waals surface area contributed by atoms with Crippen LogP contribution in [0.25, 0.3) is 0 Å².